The average Bonchev–Trinajstić information content (AvgIpc) is 3.06. The number of non-ortho nitro benzene ring substituents is 2. The van der Waals surface area contributed by atoms with Crippen LogP contribution in [0.1, 0.15) is 38.8 Å². The number of nitro benzene ring substituents is 2. The molecule has 0 fully saturated rings. The molecule has 0 unspecified atom stereocenters. The van der Waals surface area contributed by atoms with Crippen molar-refractivity contribution in [3.63, 3.8) is 0 Å². The van der Waals surface area contributed by atoms with E-state index in [-0.39, 0.29) is 62.5 Å². The van der Waals surface area contributed by atoms with Gasteiger partial charge in [-0.1, -0.05) is 0 Å². The molecule has 4 N–H and O–H groups in total. The summed E-state index contributed by atoms with van der Waals surface area (Å²) >= 11 is 0. The third-order valence-electron chi connectivity index (χ3n) is 7.31. The van der Waals surface area contributed by atoms with Crippen molar-refractivity contribution in [1.29, 1.82) is 0 Å². The molecule has 0 aliphatic rings. The Kier molecular flexibility index (Phi) is 15.0. The molecule has 0 aromatic heterocycles. The van der Waals surface area contributed by atoms with Gasteiger partial charge in [-0.2, -0.15) is 0 Å². The van der Waals surface area contributed by atoms with E-state index in [2.05, 4.69) is 19.8 Å². The third kappa shape index (κ3) is 10.7. The number of phenols is 4. The Bertz CT molecular complexity index is 1680. The van der Waals surface area contributed by atoms with Crippen LogP contribution in [-0.2, 0) is 16.8 Å². The Morgan fingerprint density at radius 3 is 1.20 bits per heavy atom. The minimum absolute atomic E-state index is 0. The molecule has 4 aromatic rings. The number of phenolic OH excluding ortho intramolecular Hbond substituents is 4. The largest absolute Gasteiger partial charge is 0.507 e. The third-order valence-corrected chi connectivity index (χ3v) is 7.31. The smallest absolute Gasteiger partial charge is 0.271 e. The first kappa shape index (κ1) is 39.5. The van der Waals surface area contributed by atoms with E-state index in [0.29, 0.717) is 11.1 Å². The second kappa shape index (κ2) is 18.6. The van der Waals surface area contributed by atoms with Crippen molar-refractivity contribution in [3.05, 3.63) is 104 Å². The van der Waals surface area contributed by atoms with E-state index >= 15 is 0 Å². The second-order valence-electron chi connectivity index (χ2n) is 10.2. The number of aromatic hydroxyl groups is 4. The first-order valence-electron chi connectivity index (χ1n) is 15.1. The molecule has 0 amide bonds. The molecule has 0 saturated heterocycles. The van der Waals surface area contributed by atoms with E-state index in [4.69, 9.17) is 0 Å². The zero-order valence-corrected chi connectivity index (χ0v) is 28.4. The first-order valence-corrected chi connectivity index (χ1v) is 15.1. The van der Waals surface area contributed by atoms with Gasteiger partial charge in [-0.15, -0.1) is 0 Å². The minimum atomic E-state index is -0.561. The summed E-state index contributed by atoms with van der Waals surface area (Å²) in [6.07, 6.45) is 2.72. The number of rotatable bonds is 12. The summed E-state index contributed by atoms with van der Waals surface area (Å²) in [7, 11) is 0. The van der Waals surface area contributed by atoms with E-state index in [0.717, 1.165) is 37.6 Å². The molecule has 49 heavy (non-hydrogen) atoms. The molecule has 261 valence electrons. The molecule has 0 heterocycles. The van der Waals surface area contributed by atoms with Gasteiger partial charge in [-0.3, -0.25) is 30.2 Å². The van der Waals surface area contributed by atoms with E-state index in [9.17, 15) is 40.7 Å². The number of hydrogen-bond donors (Lipinski definition) is 4. The fourth-order valence-corrected chi connectivity index (χ4v) is 4.59. The van der Waals surface area contributed by atoms with Crippen LogP contribution < -0.4 is 9.80 Å². The number of hydrogen-bond acceptors (Lipinski definition) is 12. The van der Waals surface area contributed by atoms with Gasteiger partial charge in [0.25, 0.3) is 11.4 Å². The van der Waals surface area contributed by atoms with Crippen LogP contribution in [0.25, 0.3) is 0 Å². The molecule has 4 aromatic carbocycles. The van der Waals surface area contributed by atoms with Gasteiger partial charge in [-0.05, 0) is 64.1 Å². The van der Waals surface area contributed by atoms with Crippen molar-refractivity contribution < 1.29 is 47.1 Å². The van der Waals surface area contributed by atoms with Crippen molar-refractivity contribution in [2.24, 2.45) is 9.98 Å². The van der Waals surface area contributed by atoms with Gasteiger partial charge in [0.15, 0.2) is 0 Å². The van der Waals surface area contributed by atoms with Crippen LogP contribution in [0.3, 0.4) is 0 Å². The molecule has 14 nitrogen and oxygen atoms in total. The molecule has 0 bridgehead atoms. The molecule has 0 aliphatic heterocycles. The van der Waals surface area contributed by atoms with Gasteiger partial charge in [0.05, 0.1) is 9.85 Å². The van der Waals surface area contributed by atoms with Crippen molar-refractivity contribution in [3.8, 4) is 23.0 Å². The summed E-state index contributed by atoms with van der Waals surface area (Å²) in [6, 6.07) is 17.6. The van der Waals surface area contributed by atoms with Gasteiger partial charge >= 0.3 is 0 Å². The fraction of sp³-hybridized carbons (Fsp3) is 0.235. The van der Waals surface area contributed by atoms with E-state index in [1.807, 2.05) is 39.8 Å². The molecular weight excluding hydrogens is 679 g/mol. The molecule has 15 heteroatoms. The maximum absolute atomic E-state index is 10.8. The molecule has 0 saturated carbocycles. The van der Waals surface area contributed by atoms with Gasteiger partial charge < -0.3 is 30.2 Å². The topological polar surface area (TPSA) is 198 Å². The van der Waals surface area contributed by atoms with Crippen molar-refractivity contribution in [2.45, 2.75) is 27.7 Å². The Morgan fingerprint density at radius 2 is 0.918 bits per heavy atom. The molecular formula is C34H38CoN6O8. The van der Waals surface area contributed by atoms with Gasteiger partial charge in [0, 0.05) is 114 Å². The number of aliphatic imine (C=N–C) groups is 2. The maximum atomic E-state index is 10.8. The summed E-state index contributed by atoms with van der Waals surface area (Å²) < 4.78 is 0. The quantitative estimate of drug-likeness (QED) is 0.0660. The zero-order valence-electron chi connectivity index (χ0n) is 27.3. The number of anilines is 2. The normalized spacial score (nSPS) is 10.7. The standard InChI is InChI=1S/2C17H19N3O4.Co/c2*1-3-19(4-2)13-6-5-12(17(22)10-13)11-18-15-9-14(20(23)24)7-8-16(15)21;/h2*5-11,21-22H,3-4H2,1-2H3;. The Hall–Kier alpha value is -5.67. The Balaban J connectivity index is 0.000000333. The van der Waals surface area contributed by atoms with Crippen LogP contribution in [-0.4, -0.2) is 68.9 Å². The Morgan fingerprint density at radius 1 is 0.571 bits per heavy atom. The first-order chi connectivity index (χ1) is 22.9. The van der Waals surface area contributed by atoms with Crippen LogP contribution in [0.2, 0.25) is 0 Å². The van der Waals surface area contributed by atoms with Crippen LogP contribution in [0.15, 0.2) is 82.8 Å². The summed E-state index contributed by atoms with van der Waals surface area (Å²) in [6.45, 7) is 11.4. The van der Waals surface area contributed by atoms with E-state index < -0.39 is 9.85 Å². The van der Waals surface area contributed by atoms with Crippen molar-refractivity contribution in [1.82, 2.24) is 0 Å². The minimum Gasteiger partial charge on any atom is -0.507 e. The molecule has 0 aliphatic carbocycles. The second-order valence-corrected chi connectivity index (χ2v) is 10.2. The molecule has 4 rings (SSSR count). The van der Waals surface area contributed by atoms with Crippen LogP contribution in [0.4, 0.5) is 34.1 Å². The number of benzene rings is 4. The Labute approximate surface area is 293 Å². The zero-order chi connectivity index (χ0) is 35.4. The van der Waals surface area contributed by atoms with Crippen LogP contribution in [0, 0.1) is 20.2 Å². The SMILES string of the molecule is CCN(CC)c1ccc(C=Nc2cc([N+](=O)[O-])ccc2O)c(O)c1.CCN(CC)c1ccc(C=Nc2cc([N+](=O)[O-])ccc2O)c(O)c1.[Co]. The van der Waals surface area contributed by atoms with Crippen molar-refractivity contribution >= 4 is 46.6 Å². The predicted molar refractivity (Wildman–Crippen MR) is 187 cm³/mol. The molecule has 1 radical (unpaired) electrons. The predicted octanol–water partition coefficient (Wildman–Crippen LogP) is 7.20. The number of nitro groups is 2. The maximum Gasteiger partial charge on any atom is 0.271 e. The van der Waals surface area contributed by atoms with E-state index in [1.165, 1.54) is 48.8 Å². The van der Waals surface area contributed by atoms with Gasteiger partial charge in [-0.25, -0.2) is 0 Å². The average molecular weight is 718 g/mol. The molecule has 0 spiro atoms. The fourth-order valence-electron chi connectivity index (χ4n) is 4.59. The monoisotopic (exact) mass is 717 g/mol. The summed E-state index contributed by atoms with van der Waals surface area (Å²) in [5.41, 5.74) is 2.50. The van der Waals surface area contributed by atoms with Crippen LogP contribution >= 0.6 is 0 Å². The summed E-state index contributed by atoms with van der Waals surface area (Å²) in [5.74, 6) is -0.242. The van der Waals surface area contributed by atoms with Gasteiger partial charge in [0.2, 0.25) is 0 Å². The summed E-state index contributed by atoms with van der Waals surface area (Å²) in [4.78, 5) is 32.7. The number of nitrogens with zero attached hydrogens (tertiary/aromatic N) is 6. The van der Waals surface area contributed by atoms with Crippen molar-refractivity contribution in [2.75, 3.05) is 36.0 Å². The summed E-state index contributed by atoms with van der Waals surface area (Å²) in [5, 5.41) is 61.3. The van der Waals surface area contributed by atoms with Gasteiger partial charge in [0.1, 0.15) is 34.4 Å². The van der Waals surface area contributed by atoms with Crippen LogP contribution in [0.5, 0.6) is 23.0 Å². The molecule has 0 atom stereocenters. The van der Waals surface area contributed by atoms with E-state index in [1.54, 1.807) is 24.3 Å².